The SMILES string of the molecule is Cc1ccc(C(=O)N(CCCN2CCOCC2)CCc2nc(-c3cccc(C(F)(F)F)c3)no2)cc1. The molecule has 1 aromatic heterocycles. The van der Waals surface area contributed by atoms with Crippen molar-refractivity contribution >= 4 is 5.91 Å². The Bertz CT molecular complexity index is 1140. The van der Waals surface area contributed by atoms with Crippen molar-refractivity contribution in [1.29, 1.82) is 0 Å². The van der Waals surface area contributed by atoms with Gasteiger partial charge >= 0.3 is 6.18 Å². The molecule has 1 aliphatic rings. The third kappa shape index (κ3) is 6.92. The second kappa shape index (κ2) is 11.7. The fourth-order valence-electron chi connectivity index (χ4n) is 4.04. The lowest BCUT2D eigenvalue weighted by molar-refractivity contribution is -0.137. The average Bonchev–Trinajstić information content (AvgIpc) is 3.35. The highest BCUT2D eigenvalue weighted by Crippen LogP contribution is 2.31. The van der Waals surface area contributed by atoms with Gasteiger partial charge in [-0.2, -0.15) is 18.2 Å². The van der Waals surface area contributed by atoms with E-state index >= 15 is 0 Å². The molecule has 10 heteroatoms. The molecule has 192 valence electrons. The van der Waals surface area contributed by atoms with Gasteiger partial charge in [0.05, 0.1) is 18.8 Å². The lowest BCUT2D eigenvalue weighted by atomic mass is 10.1. The minimum absolute atomic E-state index is 0.0832. The van der Waals surface area contributed by atoms with E-state index in [0.717, 1.165) is 57.0 Å². The maximum Gasteiger partial charge on any atom is 0.416 e. The molecule has 1 saturated heterocycles. The monoisotopic (exact) mass is 502 g/mol. The summed E-state index contributed by atoms with van der Waals surface area (Å²) in [4.78, 5) is 21.6. The van der Waals surface area contributed by atoms with Crippen LogP contribution in [0.2, 0.25) is 0 Å². The number of aromatic nitrogens is 2. The van der Waals surface area contributed by atoms with Gasteiger partial charge in [0, 0.05) is 50.3 Å². The molecule has 0 radical (unpaired) electrons. The van der Waals surface area contributed by atoms with Crippen molar-refractivity contribution in [2.75, 3.05) is 45.9 Å². The third-order valence-electron chi connectivity index (χ3n) is 6.10. The maximum atomic E-state index is 13.2. The Kier molecular flexibility index (Phi) is 8.37. The summed E-state index contributed by atoms with van der Waals surface area (Å²) < 4.78 is 49.8. The zero-order valence-corrected chi connectivity index (χ0v) is 20.1. The minimum atomic E-state index is -4.46. The molecule has 2 heterocycles. The van der Waals surface area contributed by atoms with Gasteiger partial charge in [0.1, 0.15) is 0 Å². The zero-order chi connectivity index (χ0) is 25.5. The Hall–Kier alpha value is -3.24. The molecule has 2 aromatic carbocycles. The second-order valence-corrected chi connectivity index (χ2v) is 8.81. The molecule has 0 unspecified atom stereocenters. The van der Waals surface area contributed by atoms with Crippen LogP contribution in [0.1, 0.15) is 33.8 Å². The molecule has 36 heavy (non-hydrogen) atoms. The number of hydrogen-bond acceptors (Lipinski definition) is 6. The number of benzene rings is 2. The van der Waals surface area contributed by atoms with Crippen LogP contribution < -0.4 is 0 Å². The molecule has 1 fully saturated rings. The lowest BCUT2D eigenvalue weighted by Gasteiger charge is -2.28. The highest BCUT2D eigenvalue weighted by atomic mass is 19.4. The molecule has 0 spiro atoms. The first-order valence-electron chi connectivity index (χ1n) is 12.0. The number of hydrogen-bond donors (Lipinski definition) is 0. The second-order valence-electron chi connectivity index (χ2n) is 8.81. The number of amides is 1. The first-order valence-corrected chi connectivity index (χ1v) is 12.0. The molecule has 0 bridgehead atoms. The van der Waals surface area contributed by atoms with Gasteiger partial charge in [-0.15, -0.1) is 0 Å². The molecular weight excluding hydrogens is 473 g/mol. The zero-order valence-electron chi connectivity index (χ0n) is 20.1. The van der Waals surface area contributed by atoms with Crippen LogP contribution in [0.5, 0.6) is 0 Å². The van der Waals surface area contributed by atoms with E-state index in [-0.39, 0.29) is 23.2 Å². The number of ether oxygens (including phenoxy) is 1. The predicted molar refractivity (Wildman–Crippen MR) is 127 cm³/mol. The Morgan fingerprint density at radius 1 is 1.08 bits per heavy atom. The van der Waals surface area contributed by atoms with Crippen molar-refractivity contribution in [2.45, 2.75) is 25.9 Å². The molecule has 0 N–H and O–H groups in total. The van der Waals surface area contributed by atoms with E-state index in [1.165, 1.54) is 12.1 Å². The summed E-state index contributed by atoms with van der Waals surface area (Å²) in [5.74, 6) is 0.256. The van der Waals surface area contributed by atoms with Gasteiger partial charge in [0.15, 0.2) is 0 Å². The van der Waals surface area contributed by atoms with Crippen molar-refractivity contribution in [3.8, 4) is 11.4 Å². The van der Waals surface area contributed by atoms with Crippen molar-refractivity contribution in [3.63, 3.8) is 0 Å². The van der Waals surface area contributed by atoms with Gasteiger partial charge in [-0.3, -0.25) is 9.69 Å². The lowest BCUT2D eigenvalue weighted by Crippen LogP contribution is -2.39. The van der Waals surface area contributed by atoms with Crippen LogP contribution in [0.15, 0.2) is 53.1 Å². The largest absolute Gasteiger partial charge is 0.416 e. The van der Waals surface area contributed by atoms with Crippen LogP contribution in [0.3, 0.4) is 0 Å². The van der Waals surface area contributed by atoms with Gasteiger partial charge in [0.2, 0.25) is 11.7 Å². The number of halogens is 3. The molecule has 1 amide bonds. The van der Waals surface area contributed by atoms with Gasteiger partial charge in [-0.1, -0.05) is 35.0 Å². The van der Waals surface area contributed by atoms with Crippen LogP contribution in [0, 0.1) is 6.92 Å². The summed E-state index contributed by atoms with van der Waals surface area (Å²) in [7, 11) is 0. The summed E-state index contributed by atoms with van der Waals surface area (Å²) in [6, 6.07) is 12.2. The van der Waals surface area contributed by atoms with E-state index in [1.807, 2.05) is 31.2 Å². The minimum Gasteiger partial charge on any atom is -0.379 e. The van der Waals surface area contributed by atoms with E-state index in [2.05, 4.69) is 15.0 Å². The van der Waals surface area contributed by atoms with Crippen LogP contribution in [-0.4, -0.2) is 71.8 Å². The molecule has 4 rings (SSSR count). The molecule has 7 nitrogen and oxygen atoms in total. The summed E-state index contributed by atoms with van der Waals surface area (Å²) in [5.41, 5.74) is 1.11. The van der Waals surface area contributed by atoms with E-state index in [9.17, 15) is 18.0 Å². The third-order valence-corrected chi connectivity index (χ3v) is 6.10. The van der Waals surface area contributed by atoms with Crippen LogP contribution in [0.25, 0.3) is 11.4 Å². The first-order chi connectivity index (χ1) is 17.3. The van der Waals surface area contributed by atoms with Crippen LogP contribution >= 0.6 is 0 Å². The topological polar surface area (TPSA) is 71.7 Å². The highest BCUT2D eigenvalue weighted by Gasteiger charge is 2.30. The fourth-order valence-corrected chi connectivity index (χ4v) is 4.04. The fraction of sp³-hybridized carbons (Fsp3) is 0.423. The van der Waals surface area contributed by atoms with E-state index in [1.54, 1.807) is 4.90 Å². The smallest absolute Gasteiger partial charge is 0.379 e. The van der Waals surface area contributed by atoms with Crippen molar-refractivity contribution in [3.05, 3.63) is 71.1 Å². The number of morpholine rings is 1. The summed E-state index contributed by atoms with van der Waals surface area (Å²) >= 11 is 0. The number of aryl methyl sites for hydroxylation is 1. The van der Waals surface area contributed by atoms with E-state index < -0.39 is 11.7 Å². The predicted octanol–water partition coefficient (Wildman–Crippen LogP) is 4.47. The Morgan fingerprint density at radius 3 is 2.56 bits per heavy atom. The normalized spacial score (nSPS) is 14.7. The summed E-state index contributed by atoms with van der Waals surface area (Å²) in [6.45, 7) is 6.93. The van der Waals surface area contributed by atoms with Gasteiger partial charge in [0.25, 0.3) is 5.91 Å². The number of carbonyl (C=O) groups is 1. The van der Waals surface area contributed by atoms with E-state index in [0.29, 0.717) is 25.1 Å². The van der Waals surface area contributed by atoms with Crippen molar-refractivity contribution < 1.29 is 27.2 Å². The van der Waals surface area contributed by atoms with Crippen LogP contribution in [0.4, 0.5) is 13.2 Å². The van der Waals surface area contributed by atoms with Crippen molar-refractivity contribution in [2.24, 2.45) is 0 Å². The standard InChI is InChI=1S/C26H29F3N4O3/c1-19-6-8-20(9-7-19)25(34)33(12-3-11-32-14-16-35-17-15-32)13-10-23-30-24(31-36-23)21-4-2-5-22(18-21)26(27,28)29/h2,4-9,18H,3,10-17H2,1H3. The molecule has 0 aliphatic carbocycles. The average molecular weight is 503 g/mol. The van der Waals surface area contributed by atoms with E-state index in [4.69, 9.17) is 9.26 Å². The number of alkyl halides is 3. The molecule has 3 aromatic rings. The number of nitrogens with zero attached hydrogens (tertiary/aromatic N) is 4. The summed E-state index contributed by atoms with van der Waals surface area (Å²) in [6.07, 6.45) is -3.36. The van der Waals surface area contributed by atoms with Gasteiger partial charge < -0.3 is 14.2 Å². The molecule has 0 atom stereocenters. The number of carbonyl (C=O) groups excluding carboxylic acids is 1. The molecular formula is C26H29F3N4O3. The maximum absolute atomic E-state index is 13.2. The highest BCUT2D eigenvalue weighted by molar-refractivity contribution is 5.94. The van der Waals surface area contributed by atoms with Crippen LogP contribution in [-0.2, 0) is 17.3 Å². The Morgan fingerprint density at radius 2 is 1.83 bits per heavy atom. The van der Waals surface area contributed by atoms with Crippen molar-refractivity contribution in [1.82, 2.24) is 19.9 Å². The molecule has 1 aliphatic heterocycles. The Balaban J connectivity index is 1.42. The molecule has 0 saturated carbocycles. The number of rotatable bonds is 9. The summed E-state index contributed by atoms with van der Waals surface area (Å²) in [5, 5.41) is 3.85. The Labute approximate surface area is 207 Å². The van der Waals surface area contributed by atoms with Gasteiger partial charge in [-0.25, -0.2) is 0 Å². The first kappa shape index (κ1) is 25.8. The quantitative estimate of drug-likeness (QED) is 0.430. The van der Waals surface area contributed by atoms with Gasteiger partial charge in [-0.05, 0) is 37.6 Å².